The van der Waals surface area contributed by atoms with Gasteiger partial charge in [0.15, 0.2) is 0 Å². The van der Waals surface area contributed by atoms with E-state index in [9.17, 15) is 14.4 Å². The van der Waals surface area contributed by atoms with Crippen LogP contribution < -0.4 is 26.6 Å². The van der Waals surface area contributed by atoms with Crippen LogP contribution in [0.5, 0.6) is 0 Å². The highest BCUT2D eigenvalue weighted by molar-refractivity contribution is 5.85. The molecule has 2 fully saturated rings. The van der Waals surface area contributed by atoms with E-state index in [-0.39, 0.29) is 43.7 Å². The molecule has 0 bridgehead atoms. The Hall–Kier alpha value is -5.25. The number of carbonyl (C=O) groups is 3. The molecule has 6 N–H and O–H groups in total. The van der Waals surface area contributed by atoms with Gasteiger partial charge in [0.1, 0.15) is 18.7 Å². The first-order valence-corrected chi connectivity index (χ1v) is 23.4. The maximum absolute atomic E-state index is 14.1. The summed E-state index contributed by atoms with van der Waals surface area (Å²) in [4.78, 5) is 61.7. The smallest absolute Gasteiger partial charge is 0.303 e. The van der Waals surface area contributed by atoms with Gasteiger partial charge in [-0.2, -0.15) is 15.0 Å². The molecule has 2 saturated heterocycles. The number of aliphatic carboxylic acids is 1. The van der Waals surface area contributed by atoms with Gasteiger partial charge in [-0.15, -0.1) is 29.0 Å². The number of hydrogen-bond donors (Lipinski definition) is 4. The number of terminal acetylenes is 1. The lowest BCUT2D eigenvalue weighted by Crippen LogP contribution is -2.52. The second kappa shape index (κ2) is 30.2. The van der Waals surface area contributed by atoms with E-state index >= 15 is 0 Å². The summed E-state index contributed by atoms with van der Waals surface area (Å²) in [5.74, 6) is 2.75. The lowest BCUT2D eigenvalue weighted by molar-refractivity contribution is -0.137. The maximum atomic E-state index is 14.1. The number of rotatable bonds is 31. The number of hydrogen-bond acceptors (Lipinski definition) is 18. The van der Waals surface area contributed by atoms with Crippen LogP contribution in [-0.2, 0) is 41.4 Å². The zero-order chi connectivity index (χ0) is 46.9. The third kappa shape index (κ3) is 17.7. The van der Waals surface area contributed by atoms with E-state index in [1.165, 1.54) is 0 Å². The first-order chi connectivity index (χ1) is 32.2. The van der Waals surface area contributed by atoms with E-state index in [2.05, 4.69) is 43.7 Å². The summed E-state index contributed by atoms with van der Waals surface area (Å²) in [6.07, 6.45) is 16.1. The summed E-state index contributed by atoms with van der Waals surface area (Å²) in [5, 5.41) is 29.5. The first kappa shape index (κ1) is 54.4. The molecule has 3 aromatic rings. The second-order valence-corrected chi connectivity index (χ2v) is 16.3. The van der Waals surface area contributed by atoms with Crippen molar-refractivity contribution >= 4 is 48.0 Å². The molecule has 2 aliphatic rings. The Labute approximate surface area is 399 Å². The minimum Gasteiger partial charge on any atom is -0.481 e. The largest absolute Gasteiger partial charge is 0.481 e. The predicted molar refractivity (Wildman–Crippen MR) is 253 cm³/mol. The van der Waals surface area contributed by atoms with Crippen molar-refractivity contribution in [2.75, 3.05) is 127 Å². The standard InChI is InChI=1S/C43H70N16O7.ClH/c1-3-5-10-34-32-58(52-50-34)36(11-6-8-15-44)39(62)54-18-22-56(23-19-54)42-47-41(46-17-27-65-29-31-66-30-28-64-26-4-2)48-43(49-42)57-24-20-55(21-25-57)40(63)37(12-7-9-16-45)59-33-35(51-53-59)13-14-38(60)61;/h2,32-33,36-37H,3,5-31,44-45H2,1H3,(H,60,61)(H,46,47,48,49);1H/t36-,37-;/m0./s1. The molecule has 24 heteroatoms. The molecule has 0 aromatic carbocycles. The number of anilines is 3. The highest BCUT2D eigenvalue weighted by Crippen LogP contribution is 2.24. The van der Waals surface area contributed by atoms with Crippen molar-refractivity contribution in [1.29, 1.82) is 0 Å². The van der Waals surface area contributed by atoms with Crippen molar-refractivity contribution in [3.63, 3.8) is 0 Å². The Bertz CT molecular complexity index is 1950. The molecule has 3 aromatic heterocycles. The van der Waals surface area contributed by atoms with Crippen LogP contribution in [-0.4, -0.2) is 189 Å². The van der Waals surface area contributed by atoms with Crippen LogP contribution in [0.1, 0.15) is 88.2 Å². The number of carboxylic acid groups (broad SMARTS) is 1. The zero-order valence-corrected chi connectivity index (χ0v) is 39.8. The number of ether oxygens (including phenoxy) is 3. The van der Waals surface area contributed by atoms with E-state index in [0.717, 1.165) is 50.6 Å². The van der Waals surface area contributed by atoms with Crippen LogP contribution in [0.4, 0.5) is 17.8 Å². The van der Waals surface area contributed by atoms with Gasteiger partial charge in [0, 0.05) is 77.7 Å². The maximum Gasteiger partial charge on any atom is 0.303 e. The van der Waals surface area contributed by atoms with Crippen LogP contribution >= 0.6 is 12.4 Å². The molecule has 2 aliphatic heterocycles. The van der Waals surface area contributed by atoms with E-state index < -0.39 is 18.1 Å². The van der Waals surface area contributed by atoms with Crippen molar-refractivity contribution in [1.82, 2.24) is 54.7 Å². The number of halogens is 1. The van der Waals surface area contributed by atoms with Gasteiger partial charge in [-0.25, -0.2) is 9.36 Å². The minimum atomic E-state index is -0.925. The number of nitrogens with one attached hydrogen (secondary N) is 1. The number of carbonyl (C=O) groups excluding carboxylic acids is 2. The minimum absolute atomic E-state index is 0. The van der Waals surface area contributed by atoms with Crippen LogP contribution in [0, 0.1) is 12.3 Å². The van der Waals surface area contributed by atoms with Crippen LogP contribution in [0.2, 0.25) is 0 Å². The molecule has 0 saturated carbocycles. The Kier molecular flexibility index (Phi) is 24.5. The van der Waals surface area contributed by atoms with Crippen LogP contribution in [0.25, 0.3) is 0 Å². The quantitative estimate of drug-likeness (QED) is 0.0517. The summed E-state index contributed by atoms with van der Waals surface area (Å²) < 4.78 is 19.8. The Morgan fingerprint density at radius 3 is 1.69 bits per heavy atom. The van der Waals surface area contributed by atoms with E-state index in [4.69, 9.17) is 52.2 Å². The van der Waals surface area contributed by atoms with E-state index in [0.29, 0.717) is 141 Å². The molecular weight excluding hydrogens is 888 g/mol. The lowest BCUT2D eigenvalue weighted by atomic mass is 10.1. The summed E-state index contributed by atoms with van der Waals surface area (Å²) >= 11 is 0. The Morgan fingerprint density at radius 2 is 1.21 bits per heavy atom. The van der Waals surface area contributed by atoms with Gasteiger partial charge >= 0.3 is 5.97 Å². The van der Waals surface area contributed by atoms with Crippen molar-refractivity contribution in [3.05, 3.63) is 23.8 Å². The van der Waals surface area contributed by atoms with Gasteiger partial charge in [-0.3, -0.25) is 14.4 Å². The van der Waals surface area contributed by atoms with E-state index in [1.807, 2.05) is 20.9 Å². The monoisotopic (exact) mass is 959 g/mol. The fourth-order valence-corrected chi connectivity index (χ4v) is 7.65. The van der Waals surface area contributed by atoms with Crippen LogP contribution in [0.3, 0.4) is 0 Å². The van der Waals surface area contributed by atoms with Crippen molar-refractivity contribution in [2.24, 2.45) is 11.5 Å². The number of unbranched alkanes of at least 4 members (excludes halogenated alkanes) is 3. The third-order valence-electron chi connectivity index (χ3n) is 11.4. The number of nitrogens with two attached hydrogens (primary N) is 2. The highest BCUT2D eigenvalue weighted by atomic mass is 35.5. The normalized spacial score (nSPS) is 15.0. The fourth-order valence-electron chi connectivity index (χ4n) is 7.65. The van der Waals surface area contributed by atoms with Gasteiger partial charge in [-0.05, 0) is 64.5 Å². The number of carboxylic acids is 1. The third-order valence-corrected chi connectivity index (χ3v) is 11.4. The summed E-state index contributed by atoms with van der Waals surface area (Å²) in [6.45, 7) is 9.66. The average Bonchev–Trinajstić information content (AvgIpc) is 4.02. The highest BCUT2D eigenvalue weighted by Gasteiger charge is 2.33. The molecule has 0 unspecified atom stereocenters. The molecule has 0 radical (unpaired) electrons. The molecule has 0 aliphatic carbocycles. The molecule has 67 heavy (non-hydrogen) atoms. The number of piperazine rings is 2. The number of nitrogens with zero attached hydrogens (tertiary/aromatic N) is 13. The van der Waals surface area contributed by atoms with Gasteiger partial charge in [0.05, 0.1) is 50.8 Å². The number of aryl methyl sites for hydroxylation is 2. The fraction of sp³-hybridized carbons (Fsp3) is 0.721. The topological polar surface area (TPSA) is 276 Å². The van der Waals surface area contributed by atoms with Crippen molar-refractivity contribution < 1.29 is 33.7 Å². The first-order valence-electron chi connectivity index (χ1n) is 23.4. The Balaban J connectivity index is 0.00000980. The van der Waals surface area contributed by atoms with E-state index in [1.54, 1.807) is 15.6 Å². The second-order valence-electron chi connectivity index (χ2n) is 16.3. The zero-order valence-electron chi connectivity index (χ0n) is 39.0. The molecule has 23 nitrogen and oxygen atoms in total. The summed E-state index contributed by atoms with van der Waals surface area (Å²) in [5.41, 5.74) is 13.0. The van der Waals surface area contributed by atoms with Crippen LogP contribution in [0.15, 0.2) is 12.4 Å². The Morgan fingerprint density at radius 1 is 0.716 bits per heavy atom. The van der Waals surface area contributed by atoms with Crippen molar-refractivity contribution in [3.8, 4) is 12.3 Å². The lowest BCUT2D eigenvalue weighted by Gasteiger charge is -2.38. The van der Waals surface area contributed by atoms with Gasteiger partial charge in [0.25, 0.3) is 0 Å². The number of amides is 2. The molecule has 5 rings (SSSR count). The summed E-state index contributed by atoms with van der Waals surface area (Å²) in [7, 11) is 0. The van der Waals surface area contributed by atoms with Gasteiger partial charge < -0.3 is 55.7 Å². The number of aromatic nitrogens is 9. The predicted octanol–water partition coefficient (Wildman–Crippen LogP) is 0.969. The van der Waals surface area contributed by atoms with Gasteiger partial charge in [-0.1, -0.05) is 29.7 Å². The summed E-state index contributed by atoms with van der Waals surface area (Å²) in [6, 6.07) is -1.06. The SMILES string of the molecule is C#CCOCCOCCOCCNc1nc(N2CCN(C(=O)[C@H](CCCCN)n3cc(CCCC)nn3)CC2)nc(N2CCN(C(=O)[C@H](CCCCN)n3cc(CCC(=O)O)nn3)CC2)n1.Cl. The molecule has 2 atom stereocenters. The van der Waals surface area contributed by atoms with Crippen molar-refractivity contribution in [2.45, 2.75) is 89.6 Å². The molecule has 2 amide bonds. The molecular formula is C43H71ClN16O7. The van der Waals surface area contributed by atoms with Gasteiger partial charge in [0.2, 0.25) is 29.7 Å². The molecule has 0 spiro atoms. The molecule has 5 heterocycles. The average molecular weight is 960 g/mol. The molecule has 372 valence electrons.